The Morgan fingerprint density at radius 2 is 1.77 bits per heavy atom. The van der Waals surface area contributed by atoms with Crippen LogP contribution in [-0.4, -0.2) is 49.4 Å². The van der Waals surface area contributed by atoms with E-state index in [2.05, 4.69) is 21.2 Å². The third-order valence-electron chi connectivity index (χ3n) is 4.31. The molecule has 2 amide bonds. The predicted molar refractivity (Wildman–Crippen MR) is 102 cm³/mol. The molecule has 1 aliphatic heterocycles. The molecule has 1 fully saturated rings. The second kappa shape index (κ2) is 8.31. The zero-order chi connectivity index (χ0) is 18.5. The number of rotatable bonds is 4. The molecule has 3 rings (SSSR count). The summed E-state index contributed by atoms with van der Waals surface area (Å²) < 4.78 is 14.7. The highest BCUT2D eigenvalue weighted by Crippen LogP contribution is 2.20. The molecule has 1 N–H and O–H groups in total. The van der Waals surface area contributed by atoms with E-state index in [4.69, 9.17) is 0 Å². The molecule has 1 aliphatic rings. The molecule has 0 saturated carbocycles. The van der Waals surface area contributed by atoms with Crippen molar-refractivity contribution in [2.75, 3.05) is 37.6 Å². The number of benzene rings is 2. The van der Waals surface area contributed by atoms with E-state index in [0.717, 1.165) is 4.47 Å². The summed E-state index contributed by atoms with van der Waals surface area (Å²) in [6.45, 7) is 2.07. The van der Waals surface area contributed by atoms with E-state index in [0.29, 0.717) is 37.4 Å². The minimum Gasteiger partial charge on any atom is -0.366 e. The average molecular weight is 420 g/mol. The maximum atomic E-state index is 13.9. The molecule has 2 aromatic carbocycles. The van der Waals surface area contributed by atoms with Gasteiger partial charge in [0, 0.05) is 36.2 Å². The highest BCUT2D eigenvalue weighted by atomic mass is 79.9. The Morgan fingerprint density at radius 1 is 1.04 bits per heavy atom. The van der Waals surface area contributed by atoms with Gasteiger partial charge in [-0.2, -0.15) is 0 Å². The highest BCUT2D eigenvalue weighted by molar-refractivity contribution is 9.10. The van der Waals surface area contributed by atoms with E-state index in [-0.39, 0.29) is 24.2 Å². The summed E-state index contributed by atoms with van der Waals surface area (Å²) in [4.78, 5) is 28.0. The first-order valence-electron chi connectivity index (χ1n) is 8.35. The van der Waals surface area contributed by atoms with Gasteiger partial charge in [-0.1, -0.05) is 34.1 Å². The third-order valence-corrected chi connectivity index (χ3v) is 4.81. The molecule has 0 bridgehead atoms. The number of halogens is 2. The van der Waals surface area contributed by atoms with Gasteiger partial charge in [0.15, 0.2) is 0 Å². The van der Waals surface area contributed by atoms with Gasteiger partial charge < -0.3 is 15.1 Å². The smallest absolute Gasteiger partial charge is 0.251 e. The largest absolute Gasteiger partial charge is 0.366 e. The van der Waals surface area contributed by atoms with Gasteiger partial charge in [0.05, 0.1) is 12.2 Å². The molecule has 2 aromatic rings. The molecule has 1 saturated heterocycles. The summed E-state index contributed by atoms with van der Waals surface area (Å²) in [5.41, 5.74) is 1.05. The summed E-state index contributed by atoms with van der Waals surface area (Å²) in [6.07, 6.45) is 0. The molecular formula is C19H19BrFN3O2. The van der Waals surface area contributed by atoms with Crippen LogP contribution in [0.25, 0.3) is 0 Å². The number of amides is 2. The molecule has 136 valence electrons. The van der Waals surface area contributed by atoms with Crippen molar-refractivity contribution in [3.05, 3.63) is 64.4 Å². The van der Waals surface area contributed by atoms with Gasteiger partial charge in [0.25, 0.3) is 5.91 Å². The van der Waals surface area contributed by atoms with Gasteiger partial charge in [-0.15, -0.1) is 0 Å². The lowest BCUT2D eigenvalue weighted by atomic mass is 10.2. The first kappa shape index (κ1) is 18.4. The van der Waals surface area contributed by atoms with Gasteiger partial charge in [-0.05, 0) is 30.3 Å². The number of para-hydroxylation sites is 1. The molecule has 1 heterocycles. The van der Waals surface area contributed by atoms with Gasteiger partial charge in [0.1, 0.15) is 5.82 Å². The lowest BCUT2D eigenvalue weighted by Gasteiger charge is -2.36. The fraction of sp³-hybridized carbons (Fsp3) is 0.263. The van der Waals surface area contributed by atoms with Crippen LogP contribution in [0.4, 0.5) is 10.1 Å². The zero-order valence-corrected chi connectivity index (χ0v) is 15.7. The summed E-state index contributed by atoms with van der Waals surface area (Å²) in [5.74, 6) is -0.681. The number of hydrogen-bond acceptors (Lipinski definition) is 3. The Hall–Kier alpha value is -2.41. The quantitative estimate of drug-likeness (QED) is 0.828. The molecule has 26 heavy (non-hydrogen) atoms. The first-order chi connectivity index (χ1) is 12.5. The number of nitrogens with one attached hydrogen (secondary N) is 1. The lowest BCUT2D eigenvalue weighted by Crippen LogP contribution is -2.51. The van der Waals surface area contributed by atoms with Crippen molar-refractivity contribution in [2.24, 2.45) is 0 Å². The van der Waals surface area contributed by atoms with Crippen LogP contribution in [0.5, 0.6) is 0 Å². The Labute approximate surface area is 159 Å². The second-order valence-electron chi connectivity index (χ2n) is 6.01. The average Bonchev–Trinajstić information content (AvgIpc) is 2.66. The molecular weight excluding hydrogens is 401 g/mol. The van der Waals surface area contributed by atoms with Crippen molar-refractivity contribution in [1.29, 1.82) is 0 Å². The van der Waals surface area contributed by atoms with Crippen molar-refractivity contribution < 1.29 is 14.0 Å². The summed E-state index contributed by atoms with van der Waals surface area (Å²) >= 11 is 3.32. The fourth-order valence-electron chi connectivity index (χ4n) is 2.90. The van der Waals surface area contributed by atoms with E-state index >= 15 is 0 Å². The first-order valence-corrected chi connectivity index (χ1v) is 9.15. The lowest BCUT2D eigenvalue weighted by molar-refractivity contribution is -0.130. The van der Waals surface area contributed by atoms with Crippen LogP contribution in [0.3, 0.4) is 0 Å². The molecule has 0 unspecified atom stereocenters. The fourth-order valence-corrected chi connectivity index (χ4v) is 3.30. The maximum Gasteiger partial charge on any atom is 0.251 e. The van der Waals surface area contributed by atoms with Crippen molar-refractivity contribution in [2.45, 2.75) is 0 Å². The summed E-state index contributed by atoms with van der Waals surface area (Å²) in [5, 5.41) is 2.65. The van der Waals surface area contributed by atoms with Gasteiger partial charge in [-0.25, -0.2) is 4.39 Å². The van der Waals surface area contributed by atoms with Crippen LogP contribution < -0.4 is 10.2 Å². The number of carbonyl (C=O) groups is 2. The molecule has 7 heteroatoms. The molecule has 5 nitrogen and oxygen atoms in total. The minimum atomic E-state index is -0.287. The normalized spacial score (nSPS) is 14.2. The summed E-state index contributed by atoms with van der Waals surface area (Å²) in [6, 6.07) is 13.6. The van der Waals surface area contributed by atoms with E-state index in [1.54, 1.807) is 41.3 Å². The number of anilines is 1. The highest BCUT2D eigenvalue weighted by Gasteiger charge is 2.22. The van der Waals surface area contributed by atoms with E-state index in [1.165, 1.54) is 6.07 Å². The predicted octanol–water partition coefficient (Wildman–Crippen LogP) is 2.67. The third kappa shape index (κ3) is 4.40. The van der Waals surface area contributed by atoms with E-state index in [9.17, 15) is 14.0 Å². The van der Waals surface area contributed by atoms with Crippen LogP contribution in [0.15, 0.2) is 53.0 Å². The van der Waals surface area contributed by atoms with Gasteiger partial charge in [-0.3, -0.25) is 9.59 Å². The van der Waals surface area contributed by atoms with E-state index < -0.39 is 0 Å². The number of piperazine rings is 1. The standard InChI is InChI=1S/C19H19BrFN3O2/c20-15-5-3-4-14(12-15)19(26)22-13-18(25)24-10-8-23(9-11-24)17-7-2-1-6-16(17)21/h1-7,12H,8-11,13H2,(H,22,26). The molecule has 0 atom stereocenters. The van der Waals surface area contributed by atoms with E-state index in [1.807, 2.05) is 11.0 Å². The van der Waals surface area contributed by atoms with Crippen LogP contribution >= 0.6 is 15.9 Å². The second-order valence-corrected chi connectivity index (χ2v) is 6.93. The minimum absolute atomic E-state index is 0.0506. The van der Waals surface area contributed by atoms with Crippen LogP contribution in [-0.2, 0) is 4.79 Å². The Morgan fingerprint density at radius 3 is 2.46 bits per heavy atom. The van der Waals surface area contributed by atoms with Crippen molar-refractivity contribution in [3.8, 4) is 0 Å². The van der Waals surface area contributed by atoms with Crippen molar-refractivity contribution in [3.63, 3.8) is 0 Å². The Bertz CT molecular complexity index is 807. The van der Waals surface area contributed by atoms with Gasteiger partial charge >= 0.3 is 0 Å². The molecule has 0 radical (unpaired) electrons. The van der Waals surface area contributed by atoms with Gasteiger partial charge in [0.2, 0.25) is 5.91 Å². The van der Waals surface area contributed by atoms with Crippen LogP contribution in [0.2, 0.25) is 0 Å². The number of nitrogens with zero attached hydrogens (tertiary/aromatic N) is 2. The van der Waals surface area contributed by atoms with Crippen molar-refractivity contribution >= 4 is 33.4 Å². The SMILES string of the molecule is O=C(NCC(=O)N1CCN(c2ccccc2F)CC1)c1cccc(Br)c1. The maximum absolute atomic E-state index is 13.9. The Balaban J connectivity index is 1.49. The Kier molecular flexibility index (Phi) is 5.88. The number of carbonyl (C=O) groups excluding carboxylic acids is 2. The summed E-state index contributed by atoms with van der Waals surface area (Å²) in [7, 11) is 0. The molecule has 0 spiro atoms. The molecule has 0 aliphatic carbocycles. The van der Waals surface area contributed by atoms with Crippen molar-refractivity contribution in [1.82, 2.24) is 10.2 Å². The van der Waals surface area contributed by atoms with Crippen LogP contribution in [0.1, 0.15) is 10.4 Å². The molecule has 0 aromatic heterocycles. The van der Waals surface area contributed by atoms with Crippen LogP contribution in [0, 0.1) is 5.82 Å². The topological polar surface area (TPSA) is 52.7 Å². The monoisotopic (exact) mass is 419 g/mol. The number of hydrogen-bond donors (Lipinski definition) is 1. The zero-order valence-electron chi connectivity index (χ0n) is 14.1.